The molecule has 33 heavy (non-hydrogen) atoms. The van der Waals surface area contributed by atoms with E-state index in [4.69, 9.17) is 0 Å². The molecule has 2 aliphatic rings. The minimum atomic E-state index is -0.483. The average molecular weight is 446 g/mol. The Hall–Kier alpha value is -3.41. The van der Waals surface area contributed by atoms with Gasteiger partial charge in [0.25, 0.3) is 0 Å². The van der Waals surface area contributed by atoms with Crippen LogP contribution in [0.4, 0.5) is 0 Å². The third-order valence-corrected chi connectivity index (χ3v) is 6.56. The molecule has 6 nitrogen and oxygen atoms in total. The Bertz CT molecular complexity index is 1060. The summed E-state index contributed by atoms with van der Waals surface area (Å²) in [6.07, 6.45) is 3.16. The molecule has 2 fully saturated rings. The molecular weight excluding hydrogens is 414 g/mol. The van der Waals surface area contributed by atoms with Crippen molar-refractivity contribution in [2.75, 3.05) is 26.2 Å². The highest BCUT2D eigenvalue weighted by molar-refractivity contribution is 5.91. The summed E-state index contributed by atoms with van der Waals surface area (Å²) in [5.74, 6) is -0.479. The highest BCUT2D eigenvalue weighted by atomic mass is 16.2. The Balaban J connectivity index is 1.57. The molecule has 2 aromatic rings. The van der Waals surface area contributed by atoms with Gasteiger partial charge in [-0.3, -0.25) is 14.4 Å². The van der Waals surface area contributed by atoms with E-state index in [0.29, 0.717) is 45.4 Å². The highest BCUT2D eigenvalue weighted by Gasteiger charge is 2.36. The second kappa shape index (κ2) is 10.0. The molecule has 4 rings (SSSR count). The Labute approximate surface area is 195 Å². The molecule has 2 aliphatic heterocycles. The smallest absolute Gasteiger partial charge is 0.245 e. The molecule has 0 saturated carbocycles. The van der Waals surface area contributed by atoms with Crippen LogP contribution in [-0.4, -0.2) is 59.7 Å². The van der Waals surface area contributed by atoms with Gasteiger partial charge in [0.15, 0.2) is 0 Å². The van der Waals surface area contributed by atoms with Crippen LogP contribution in [0.2, 0.25) is 0 Å². The number of hydrogen-bond donors (Lipinski definition) is 1. The van der Waals surface area contributed by atoms with Crippen LogP contribution in [0.3, 0.4) is 0 Å². The third kappa shape index (κ3) is 5.16. The van der Waals surface area contributed by atoms with E-state index in [1.165, 1.54) is 11.1 Å². The molecular formula is C27H31N3O3. The van der Waals surface area contributed by atoms with Gasteiger partial charge in [-0.1, -0.05) is 54.6 Å². The van der Waals surface area contributed by atoms with Crippen molar-refractivity contribution in [1.82, 2.24) is 15.1 Å². The molecule has 0 aromatic heterocycles. The van der Waals surface area contributed by atoms with Crippen LogP contribution in [0.15, 0.2) is 61.2 Å². The highest BCUT2D eigenvalue weighted by Crippen LogP contribution is 2.26. The first-order valence-corrected chi connectivity index (χ1v) is 11.6. The summed E-state index contributed by atoms with van der Waals surface area (Å²) in [6.45, 7) is 7.62. The molecule has 2 aromatic carbocycles. The van der Waals surface area contributed by atoms with Crippen LogP contribution < -0.4 is 5.32 Å². The van der Waals surface area contributed by atoms with Crippen molar-refractivity contribution in [2.45, 2.75) is 32.2 Å². The topological polar surface area (TPSA) is 69.7 Å². The minimum absolute atomic E-state index is 0.0435. The van der Waals surface area contributed by atoms with Crippen molar-refractivity contribution in [2.24, 2.45) is 5.92 Å². The lowest BCUT2D eigenvalue weighted by atomic mass is 9.93. The summed E-state index contributed by atoms with van der Waals surface area (Å²) in [5, 5.41) is 2.77. The van der Waals surface area contributed by atoms with Crippen molar-refractivity contribution in [3.8, 4) is 11.1 Å². The molecule has 1 N–H and O–H groups in total. The average Bonchev–Trinajstić information content (AvgIpc) is 3.19. The Kier molecular flexibility index (Phi) is 6.92. The number of nitrogens with zero attached hydrogens (tertiary/aromatic N) is 2. The lowest BCUT2D eigenvalue weighted by Crippen LogP contribution is -2.46. The van der Waals surface area contributed by atoms with E-state index in [9.17, 15) is 14.4 Å². The lowest BCUT2D eigenvalue weighted by molar-refractivity contribution is -0.136. The molecule has 0 aliphatic carbocycles. The fraction of sp³-hybridized carbons (Fsp3) is 0.370. The van der Waals surface area contributed by atoms with Crippen LogP contribution in [0.1, 0.15) is 24.0 Å². The van der Waals surface area contributed by atoms with E-state index < -0.39 is 6.04 Å². The van der Waals surface area contributed by atoms with Gasteiger partial charge in [-0.2, -0.15) is 0 Å². The Morgan fingerprint density at radius 1 is 1.15 bits per heavy atom. The quantitative estimate of drug-likeness (QED) is 0.695. The van der Waals surface area contributed by atoms with Crippen LogP contribution in [-0.2, 0) is 20.8 Å². The van der Waals surface area contributed by atoms with Gasteiger partial charge < -0.3 is 15.1 Å². The Morgan fingerprint density at radius 2 is 1.97 bits per heavy atom. The standard InChI is InChI=1S/C27H31N3O3/c1-3-13-29-14-15-30(27(33)24-11-12-25(31)28-24)18-22(26(29)32)17-20-8-6-9-21(16-20)23-10-5-4-7-19(23)2/h3-10,16,22,24H,1,11-15,17-18H2,2H3,(H,28,31). The maximum atomic E-state index is 13.4. The second-order valence-corrected chi connectivity index (χ2v) is 8.93. The second-order valence-electron chi connectivity index (χ2n) is 8.93. The van der Waals surface area contributed by atoms with Crippen molar-refractivity contribution in [3.63, 3.8) is 0 Å². The van der Waals surface area contributed by atoms with Crippen LogP contribution in [0.5, 0.6) is 0 Å². The first-order valence-electron chi connectivity index (χ1n) is 11.6. The first-order chi connectivity index (χ1) is 16.0. The van der Waals surface area contributed by atoms with Crippen LogP contribution in [0, 0.1) is 12.8 Å². The van der Waals surface area contributed by atoms with Gasteiger partial charge >= 0.3 is 0 Å². The summed E-state index contributed by atoms with van der Waals surface area (Å²) in [5.41, 5.74) is 4.56. The zero-order valence-electron chi connectivity index (χ0n) is 19.1. The predicted octanol–water partition coefficient (Wildman–Crippen LogP) is 2.96. The predicted molar refractivity (Wildman–Crippen MR) is 128 cm³/mol. The van der Waals surface area contributed by atoms with Gasteiger partial charge in [0.2, 0.25) is 17.7 Å². The number of carbonyl (C=O) groups excluding carboxylic acids is 3. The normalized spacial score (nSPS) is 21.0. The van der Waals surface area contributed by atoms with E-state index in [2.05, 4.69) is 43.1 Å². The van der Waals surface area contributed by atoms with Gasteiger partial charge in [0.1, 0.15) is 6.04 Å². The number of hydrogen-bond acceptors (Lipinski definition) is 3. The zero-order valence-corrected chi connectivity index (χ0v) is 19.1. The van der Waals surface area contributed by atoms with Crippen LogP contribution >= 0.6 is 0 Å². The largest absolute Gasteiger partial charge is 0.344 e. The van der Waals surface area contributed by atoms with Gasteiger partial charge in [-0.05, 0) is 42.0 Å². The molecule has 0 radical (unpaired) electrons. The molecule has 2 heterocycles. The Morgan fingerprint density at radius 3 is 2.70 bits per heavy atom. The van der Waals surface area contributed by atoms with Crippen molar-refractivity contribution in [3.05, 3.63) is 72.3 Å². The number of amides is 3. The molecule has 172 valence electrons. The lowest BCUT2D eigenvalue weighted by Gasteiger charge is -2.26. The summed E-state index contributed by atoms with van der Waals surface area (Å²) in [7, 11) is 0. The van der Waals surface area contributed by atoms with E-state index in [-0.39, 0.29) is 23.6 Å². The summed E-state index contributed by atoms with van der Waals surface area (Å²) < 4.78 is 0. The van der Waals surface area contributed by atoms with Gasteiger partial charge in [0, 0.05) is 32.6 Å². The van der Waals surface area contributed by atoms with Crippen LogP contribution in [0.25, 0.3) is 11.1 Å². The van der Waals surface area contributed by atoms with E-state index in [1.54, 1.807) is 15.9 Å². The van der Waals surface area contributed by atoms with Gasteiger partial charge in [-0.15, -0.1) is 6.58 Å². The monoisotopic (exact) mass is 445 g/mol. The van der Waals surface area contributed by atoms with Crippen molar-refractivity contribution >= 4 is 17.7 Å². The number of carbonyl (C=O) groups is 3. The molecule has 3 amide bonds. The molecule has 2 saturated heterocycles. The summed E-state index contributed by atoms with van der Waals surface area (Å²) in [6, 6.07) is 16.1. The maximum absolute atomic E-state index is 13.4. The molecule has 2 atom stereocenters. The van der Waals surface area contributed by atoms with E-state index in [1.807, 2.05) is 24.3 Å². The SMILES string of the molecule is C=CCN1CCN(C(=O)C2CCC(=O)N2)CC(Cc2cccc(-c3ccccc3C)c2)C1=O. The fourth-order valence-corrected chi connectivity index (χ4v) is 4.80. The van der Waals surface area contributed by atoms with Gasteiger partial charge in [-0.25, -0.2) is 0 Å². The molecule has 0 spiro atoms. The number of rotatable bonds is 6. The maximum Gasteiger partial charge on any atom is 0.245 e. The minimum Gasteiger partial charge on any atom is -0.344 e. The molecule has 0 bridgehead atoms. The first kappa shape index (κ1) is 22.8. The summed E-state index contributed by atoms with van der Waals surface area (Å²) in [4.78, 5) is 41.6. The van der Waals surface area contributed by atoms with E-state index in [0.717, 1.165) is 11.1 Å². The number of nitrogens with one attached hydrogen (secondary N) is 1. The van der Waals surface area contributed by atoms with Crippen molar-refractivity contribution < 1.29 is 14.4 Å². The zero-order chi connectivity index (χ0) is 23.4. The van der Waals surface area contributed by atoms with E-state index >= 15 is 0 Å². The fourth-order valence-electron chi connectivity index (χ4n) is 4.80. The summed E-state index contributed by atoms with van der Waals surface area (Å²) >= 11 is 0. The third-order valence-electron chi connectivity index (χ3n) is 6.56. The van der Waals surface area contributed by atoms with Crippen molar-refractivity contribution in [1.29, 1.82) is 0 Å². The number of benzene rings is 2. The molecule has 2 unspecified atom stereocenters. The number of aryl methyl sites for hydroxylation is 1. The molecule has 6 heteroatoms. The van der Waals surface area contributed by atoms with Gasteiger partial charge in [0.05, 0.1) is 5.92 Å².